The van der Waals surface area contributed by atoms with Crippen LogP contribution in [-0.4, -0.2) is 6.61 Å². The number of furan rings is 1. The molecule has 0 aliphatic carbocycles. The topological polar surface area (TPSA) is 46.2 Å². The predicted molar refractivity (Wildman–Crippen MR) is 70.5 cm³/mol. The molecule has 94 valence electrons. The zero-order valence-electron chi connectivity index (χ0n) is 10.8. The van der Waals surface area contributed by atoms with Crippen LogP contribution in [0.15, 0.2) is 28.7 Å². The quantitative estimate of drug-likeness (QED) is 0.793. The van der Waals surface area contributed by atoms with Gasteiger partial charge in [-0.1, -0.05) is 38.8 Å². The lowest BCUT2D eigenvalue weighted by atomic mass is 10.1. The van der Waals surface area contributed by atoms with Crippen LogP contribution < -0.4 is 4.74 Å². The fourth-order valence-corrected chi connectivity index (χ4v) is 1.96. The van der Waals surface area contributed by atoms with Crippen LogP contribution in [0.2, 0.25) is 0 Å². The molecule has 3 heteroatoms. The molecular formula is C15H17NO2. The lowest BCUT2D eigenvalue weighted by molar-refractivity contribution is 0.240. The second-order valence-corrected chi connectivity index (χ2v) is 4.36. The van der Waals surface area contributed by atoms with Crippen molar-refractivity contribution in [2.24, 2.45) is 5.92 Å². The number of fused-ring (bicyclic) bond motifs is 1. The third kappa shape index (κ3) is 2.33. The molecule has 0 fully saturated rings. The highest BCUT2D eigenvalue weighted by Gasteiger charge is 2.16. The van der Waals surface area contributed by atoms with E-state index in [2.05, 4.69) is 19.9 Å². The average Bonchev–Trinajstić information content (AvgIpc) is 2.78. The molecule has 0 saturated carbocycles. The van der Waals surface area contributed by atoms with Gasteiger partial charge in [0.15, 0.2) is 5.75 Å². The Balaban J connectivity index is 2.29. The molecule has 18 heavy (non-hydrogen) atoms. The summed E-state index contributed by atoms with van der Waals surface area (Å²) >= 11 is 0. The number of hydrogen-bond donors (Lipinski definition) is 0. The summed E-state index contributed by atoms with van der Waals surface area (Å²) in [6.45, 7) is 4.93. The first-order valence-corrected chi connectivity index (χ1v) is 6.34. The van der Waals surface area contributed by atoms with Crippen LogP contribution in [0.4, 0.5) is 0 Å². The number of nitriles is 1. The first-order chi connectivity index (χ1) is 8.80. The van der Waals surface area contributed by atoms with E-state index in [0.29, 0.717) is 23.9 Å². The van der Waals surface area contributed by atoms with Gasteiger partial charge in [0.05, 0.1) is 12.0 Å². The fraction of sp³-hybridized carbons (Fsp3) is 0.400. The lowest BCUT2D eigenvalue weighted by Gasteiger charge is -2.12. The first kappa shape index (κ1) is 12.5. The number of para-hydroxylation sites is 1. The smallest absolute Gasteiger partial charge is 0.246 e. The molecule has 0 N–H and O–H groups in total. The van der Waals surface area contributed by atoms with Crippen molar-refractivity contribution in [3.05, 3.63) is 30.0 Å². The van der Waals surface area contributed by atoms with Crippen LogP contribution in [0.3, 0.4) is 0 Å². The van der Waals surface area contributed by atoms with Crippen molar-refractivity contribution in [2.75, 3.05) is 6.61 Å². The molecule has 0 aliphatic heterocycles. The van der Waals surface area contributed by atoms with E-state index in [1.807, 2.05) is 24.3 Å². The van der Waals surface area contributed by atoms with Gasteiger partial charge in [-0.3, -0.25) is 0 Å². The van der Waals surface area contributed by atoms with E-state index in [1.165, 1.54) is 0 Å². The van der Waals surface area contributed by atoms with Gasteiger partial charge in [0.25, 0.3) is 0 Å². The Kier molecular flexibility index (Phi) is 3.88. The van der Waals surface area contributed by atoms with E-state index in [4.69, 9.17) is 14.4 Å². The number of ether oxygens (including phenoxy) is 1. The van der Waals surface area contributed by atoms with Crippen molar-refractivity contribution in [1.82, 2.24) is 0 Å². The van der Waals surface area contributed by atoms with Crippen LogP contribution in [0.1, 0.15) is 32.4 Å². The van der Waals surface area contributed by atoms with Gasteiger partial charge in [-0.05, 0) is 18.1 Å². The third-order valence-electron chi connectivity index (χ3n) is 3.27. The molecule has 0 amide bonds. The van der Waals surface area contributed by atoms with Gasteiger partial charge in [-0.15, -0.1) is 0 Å². The minimum absolute atomic E-state index is 0.266. The molecule has 1 aromatic carbocycles. The Morgan fingerprint density at radius 1 is 1.28 bits per heavy atom. The Hall–Kier alpha value is -1.95. The minimum atomic E-state index is 0.266. The van der Waals surface area contributed by atoms with Crippen LogP contribution in [-0.2, 0) is 0 Å². The van der Waals surface area contributed by atoms with Crippen molar-refractivity contribution in [3.63, 3.8) is 0 Å². The number of rotatable bonds is 5. The summed E-state index contributed by atoms with van der Waals surface area (Å²) in [6, 6.07) is 9.63. The monoisotopic (exact) mass is 243 g/mol. The zero-order chi connectivity index (χ0) is 13.0. The summed E-state index contributed by atoms with van der Waals surface area (Å²) in [5.74, 6) is 1.37. The maximum Gasteiger partial charge on any atom is 0.246 e. The minimum Gasteiger partial charge on any atom is -0.488 e. The molecule has 3 nitrogen and oxygen atoms in total. The summed E-state index contributed by atoms with van der Waals surface area (Å²) in [7, 11) is 0. The second-order valence-electron chi connectivity index (χ2n) is 4.36. The van der Waals surface area contributed by atoms with E-state index in [9.17, 15) is 0 Å². The van der Waals surface area contributed by atoms with Gasteiger partial charge in [-0.2, -0.15) is 5.26 Å². The van der Waals surface area contributed by atoms with Gasteiger partial charge in [0.2, 0.25) is 5.76 Å². The third-order valence-corrected chi connectivity index (χ3v) is 3.27. The SMILES string of the molecule is CCC(CC)COc1c(C#N)oc2ccccc12. The normalized spacial score (nSPS) is 10.8. The highest BCUT2D eigenvalue weighted by molar-refractivity contribution is 5.86. The maximum absolute atomic E-state index is 9.08. The van der Waals surface area contributed by atoms with Crippen molar-refractivity contribution >= 4 is 11.0 Å². The van der Waals surface area contributed by atoms with Crippen molar-refractivity contribution in [1.29, 1.82) is 5.26 Å². The van der Waals surface area contributed by atoms with Crippen molar-refractivity contribution in [3.8, 4) is 11.8 Å². The Morgan fingerprint density at radius 3 is 2.67 bits per heavy atom. The van der Waals surface area contributed by atoms with Gasteiger partial charge in [0.1, 0.15) is 11.7 Å². The van der Waals surface area contributed by atoms with Gasteiger partial charge >= 0.3 is 0 Å². The number of nitrogens with zero attached hydrogens (tertiary/aromatic N) is 1. The summed E-state index contributed by atoms with van der Waals surface area (Å²) in [4.78, 5) is 0. The van der Waals surface area contributed by atoms with Crippen molar-refractivity contribution in [2.45, 2.75) is 26.7 Å². The van der Waals surface area contributed by atoms with Crippen LogP contribution in [0.25, 0.3) is 11.0 Å². The molecule has 0 aliphatic rings. The summed E-state index contributed by atoms with van der Waals surface area (Å²) < 4.78 is 11.3. The highest BCUT2D eigenvalue weighted by atomic mass is 16.5. The predicted octanol–water partition coefficient (Wildman–Crippen LogP) is 4.12. The molecular weight excluding hydrogens is 226 g/mol. The summed E-state index contributed by atoms with van der Waals surface area (Å²) in [5, 5.41) is 9.95. The molecule has 0 bridgehead atoms. The highest BCUT2D eigenvalue weighted by Crippen LogP contribution is 2.32. The van der Waals surface area contributed by atoms with E-state index >= 15 is 0 Å². The fourth-order valence-electron chi connectivity index (χ4n) is 1.96. The molecule has 0 spiro atoms. The van der Waals surface area contributed by atoms with E-state index in [-0.39, 0.29) is 5.76 Å². The van der Waals surface area contributed by atoms with Crippen LogP contribution in [0, 0.1) is 17.2 Å². The zero-order valence-corrected chi connectivity index (χ0v) is 10.8. The van der Waals surface area contributed by atoms with Crippen LogP contribution >= 0.6 is 0 Å². The maximum atomic E-state index is 9.08. The molecule has 2 rings (SSSR count). The molecule has 2 aromatic rings. The molecule has 1 heterocycles. The number of hydrogen-bond acceptors (Lipinski definition) is 3. The second kappa shape index (κ2) is 5.59. The summed E-state index contributed by atoms with van der Waals surface area (Å²) in [6.07, 6.45) is 2.16. The van der Waals surface area contributed by atoms with Gasteiger partial charge in [0, 0.05) is 0 Å². The van der Waals surface area contributed by atoms with Crippen LogP contribution in [0.5, 0.6) is 5.75 Å². The van der Waals surface area contributed by atoms with E-state index in [0.717, 1.165) is 18.2 Å². The Bertz CT molecular complexity index is 561. The Morgan fingerprint density at radius 2 is 2.00 bits per heavy atom. The molecule has 0 radical (unpaired) electrons. The summed E-state index contributed by atoms with van der Waals surface area (Å²) in [5.41, 5.74) is 0.702. The first-order valence-electron chi connectivity index (χ1n) is 6.34. The van der Waals surface area contributed by atoms with E-state index in [1.54, 1.807) is 0 Å². The van der Waals surface area contributed by atoms with Gasteiger partial charge in [-0.25, -0.2) is 0 Å². The Labute approximate surface area is 107 Å². The number of benzene rings is 1. The van der Waals surface area contributed by atoms with Gasteiger partial charge < -0.3 is 9.15 Å². The molecule has 0 saturated heterocycles. The molecule has 0 atom stereocenters. The lowest BCUT2D eigenvalue weighted by Crippen LogP contribution is -2.10. The molecule has 1 aromatic heterocycles. The average molecular weight is 243 g/mol. The standard InChI is InChI=1S/C15H17NO2/c1-3-11(4-2)10-17-15-12-7-5-6-8-13(12)18-14(15)9-16/h5-8,11H,3-4,10H2,1-2H3. The molecule has 0 unspecified atom stereocenters. The van der Waals surface area contributed by atoms with E-state index < -0.39 is 0 Å². The van der Waals surface area contributed by atoms with Crippen molar-refractivity contribution < 1.29 is 9.15 Å². The largest absolute Gasteiger partial charge is 0.488 e.